The first-order valence-electron chi connectivity index (χ1n) is 0.333. The second kappa shape index (κ2) is 24.3. The van der Waals surface area contributed by atoms with E-state index in [2.05, 4.69) is 0 Å². The molecule has 0 aromatic rings. The first-order valence-corrected chi connectivity index (χ1v) is 0.333. The van der Waals surface area contributed by atoms with Gasteiger partial charge >= 0.3 is 99.8 Å². The molecule has 0 aliphatic carbocycles. The minimum Gasteiger partial charge on any atom is -0.734 e. The first-order chi connectivity index (χ1) is 1.41. The molecule has 0 rings (SSSR count). The van der Waals surface area contributed by atoms with E-state index in [1.54, 1.807) is 5.04 Å². The molecule has 0 aromatic carbocycles. The molecule has 0 saturated carbocycles. The van der Waals surface area contributed by atoms with E-state index in [1.807, 2.05) is 0 Å². The minimum atomic E-state index is 0. The average Bonchev–Trinajstić information content (AvgIpc) is 0.918. The standard InChI is InChI=1S/K.Li.Na.H2O3.H/c;;;1-3-2;/h;;;1-2H;/q+1;;+1;;/p-2. The van der Waals surface area contributed by atoms with Crippen molar-refractivity contribution < 1.29 is 96.5 Å². The van der Waals surface area contributed by atoms with E-state index in [0.717, 1.165) is 0 Å². The maximum Gasteiger partial charge on any atom is 1.00 e. The molecule has 6 heavy (non-hydrogen) atoms. The molecular weight excluding hydrogens is 117 g/mol. The monoisotopic (exact) mass is 118 g/mol. The van der Waals surface area contributed by atoms with Crippen LogP contribution in [0.4, 0.5) is 0 Å². The summed E-state index contributed by atoms with van der Waals surface area (Å²) in [4.78, 5) is 0. The van der Waals surface area contributed by atoms with Gasteiger partial charge in [-0.25, -0.2) is 0 Å². The molecule has 0 atom stereocenters. The zero-order valence-electron chi connectivity index (χ0n) is 3.22. The summed E-state index contributed by atoms with van der Waals surface area (Å²) in [6.45, 7) is 0. The van der Waals surface area contributed by atoms with Gasteiger partial charge in [-0.2, -0.15) is 0 Å². The Morgan fingerprint density at radius 2 is 1.17 bits per heavy atom. The van der Waals surface area contributed by atoms with Crippen molar-refractivity contribution in [1.29, 1.82) is 0 Å². The quantitative estimate of drug-likeness (QED) is 0.180. The van der Waals surface area contributed by atoms with Gasteiger partial charge in [0.05, 0.1) is 0 Å². The van der Waals surface area contributed by atoms with E-state index in [0.29, 0.717) is 0 Å². The van der Waals surface area contributed by atoms with Crippen molar-refractivity contribution in [3.05, 3.63) is 0 Å². The number of hydrogen-bond acceptors (Lipinski definition) is 3. The number of rotatable bonds is 0. The summed E-state index contributed by atoms with van der Waals surface area (Å²) >= 11 is 0. The molecule has 0 radical (unpaired) electrons. The topological polar surface area (TPSA) is 55.3 Å². The Morgan fingerprint density at radius 1 is 1.17 bits per heavy atom. The van der Waals surface area contributed by atoms with Gasteiger partial charge in [0.2, 0.25) is 0 Å². The van der Waals surface area contributed by atoms with Gasteiger partial charge < -0.3 is 15.6 Å². The van der Waals surface area contributed by atoms with Crippen molar-refractivity contribution >= 4 is 18.9 Å². The summed E-state index contributed by atoms with van der Waals surface area (Å²) in [5.41, 5.74) is 0. The Bertz CT molecular complexity index is 10.8. The van der Waals surface area contributed by atoms with Crippen LogP contribution in [0.3, 0.4) is 0 Å². The predicted molar refractivity (Wildman–Crippen MR) is 8.23 cm³/mol. The maximum atomic E-state index is 7.88. The third-order valence-corrected chi connectivity index (χ3v) is 0. The molecule has 0 aliphatic heterocycles. The van der Waals surface area contributed by atoms with Gasteiger partial charge in [-0.15, -0.1) is 0 Å². The van der Waals surface area contributed by atoms with Gasteiger partial charge in [0.15, 0.2) is 0 Å². The van der Waals surface area contributed by atoms with E-state index < -0.39 is 0 Å². The fourth-order valence-corrected chi connectivity index (χ4v) is 0. The fourth-order valence-electron chi connectivity index (χ4n) is 0. The summed E-state index contributed by atoms with van der Waals surface area (Å²) < 4.78 is 0. The van der Waals surface area contributed by atoms with Gasteiger partial charge in [0, 0.05) is 0 Å². The molecule has 0 unspecified atom stereocenters. The molecule has 0 bridgehead atoms. The van der Waals surface area contributed by atoms with E-state index in [-0.39, 0.29) is 99.8 Å². The molecule has 0 amide bonds. The van der Waals surface area contributed by atoms with Crippen LogP contribution in [0.15, 0.2) is 0 Å². The van der Waals surface area contributed by atoms with Crippen LogP contribution < -0.4 is 91.5 Å². The van der Waals surface area contributed by atoms with Crippen molar-refractivity contribution in [2.45, 2.75) is 0 Å². The normalized spacial score (nSPS) is 3.00. The average molecular weight is 118 g/mol. The SMILES string of the molecule is [K+].[LiH].[Na+].[O-]O[O-]. The second-order valence-electron chi connectivity index (χ2n) is 0.0680. The van der Waals surface area contributed by atoms with E-state index in [9.17, 15) is 0 Å². The smallest absolute Gasteiger partial charge is 0.734 e. The van der Waals surface area contributed by atoms with Crippen molar-refractivity contribution in [1.82, 2.24) is 0 Å². The van der Waals surface area contributed by atoms with Crippen LogP contribution in [0.25, 0.3) is 0 Å². The maximum absolute atomic E-state index is 7.88. The molecule has 22 valence electrons. The van der Waals surface area contributed by atoms with Crippen molar-refractivity contribution in [2.24, 2.45) is 0 Å². The molecule has 0 aromatic heterocycles. The third kappa shape index (κ3) is 27.4. The van der Waals surface area contributed by atoms with Gasteiger partial charge in [0.25, 0.3) is 0 Å². The van der Waals surface area contributed by atoms with Crippen molar-refractivity contribution in [3.63, 3.8) is 0 Å². The van der Waals surface area contributed by atoms with Crippen molar-refractivity contribution in [3.8, 4) is 0 Å². The number of hydrogen-bond donors (Lipinski definition) is 0. The van der Waals surface area contributed by atoms with Gasteiger partial charge in [-0.3, -0.25) is 0 Å². The van der Waals surface area contributed by atoms with Crippen LogP contribution in [0.2, 0.25) is 0 Å². The third-order valence-electron chi connectivity index (χ3n) is 0. The fraction of sp³-hybridized carbons (Fsp3) is 0. The summed E-state index contributed by atoms with van der Waals surface area (Å²) in [6.07, 6.45) is 0. The minimum absolute atomic E-state index is 0. The van der Waals surface area contributed by atoms with E-state index in [1.165, 1.54) is 0 Å². The Balaban J connectivity index is -0.00000000667. The Hall–Kier alpha value is 3.11. The molecule has 6 heteroatoms. The molecule has 0 saturated heterocycles. The molecule has 0 heterocycles. The molecule has 0 spiro atoms. The van der Waals surface area contributed by atoms with Crippen LogP contribution in [0.1, 0.15) is 0 Å². The summed E-state index contributed by atoms with van der Waals surface area (Å²) in [6, 6.07) is 0. The van der Waals surface area contributed by atoms with Crippen LogP contribution >= 0.6 is 0 Å². The van der Waals surface area contributed by atoms with Crippen LogP contribution in [0.5, 0.6) is 0 Å². The molecule has 0 fully saturated rings. The Morgan fingerprint density at radius 3 is 1.17 bits per heavy atom. The van der Waals surface area contributed by atoms with Gasteiger partial charge in [-0.1, -0.05) is 0 Å². The Labute approximate surface area is 113 Å². The molecular formula is HKLiNaO3. The molecule has 0 N–H and O–H groups in total. The largest absolute Gasteiger partial charge is 1.00 e. The second-order valence-corrected chi connectivity index (χ2v) is 0.0680. The molecule has 0 aliphatic rings. The van der Waals surface area contributed by atoms with E-state index in [4.69, 9.17) is 10.5 Å². The summed E-state index contributed by atoms with van der Waals surface area (Å²) in [7, 11) is 0. The van der Waals surface area contributed by atoms with E-state index >= 15 is 0 Å². The van der Waals surface area contributed by atoms with Gasteiger partial charge in [0.1, 0.15) is 0 Å². The van der Waals surface area contributed by atoms with Crippen LogP contribution in [-0.4, -0.2) is 18.9 Å². The summed E-state index contributed by atoms with van der Waals surface area (Å²) in [5, 5.41) is 17.5. The van der Waals surface area contributed by atoms with Crippen molar-refractivity contribution in [2.75, 3.05) is 0 Å². The zero-order valence-corrected chi connectivity index (χ0v) is 8.35. The van der Waals surface area contributed by atoms with Crippen LogP contribution in [0, 0.1) is 0 Å². The molecule has 3 nitrogen and oxygen atoms in total. The summed E-state index contributed by atoms with van der Waals surface area (Å²) in [5.74, 6) is 0. The van der Waals surface area contributed by atoms with Crippen LogP contribution in [-0.2, 0) is 5.04 Å². The zero-order chi connectivity index (χ0) is 2.71. The first kappa shape index (κ1) is 22.9. The predicted octanol–water partition coefficient (Wildman–Crippen LogP) is -9.09. The Kier molecular flexibility index (Phi) is 92.8. The van der Waals surface area contributed by atoms with Gasteiger partial charge in [-0.05, 0) is 0 Å².